The van der Waals surface area contributed by atoms with Gasteiger partial charge in [0.05, 0.1) is 20.3 Å². The van der Waals surface area contributed by atoms with Crippen LogP contribution in [0.3, 0.4) is 0 Å². The van der Waals surface area contributed by atoms with Crippen LogP contribution in [0.5, 0.6) is 11.5 Å². The summed E-state index contributed by atoms with van der Waals surface area (Å²) in [5.74, 6) is -0.382. The second-order valence-corrected chi connectivity index (χ2v) is 8.00. The normalized spacial score (nSPS) is 15.6. The number of ether oxygens (including phenoxy) is 2. The van der Waals surface area contributed by atoms with E-state index in [1.807, 2.05) is 0 Å². The molecule has 32 heavy (non-hydrogen) atoms. The van der Waals surface area contributed by atoms with Gasteiger partial charge in [0.15, 0.2) is 11.5 Å². The van der Waals surface area contributed by atoms with Crippen LogP contribution >= 0.6 is 0 Å². The molecular weight excluding hydrogens is 408 g/mol. The van der Waals surface area contributed by atoms with Gasteiger partial charge >= 0.3 is 11.8 Å². The molecule has 0 radical (unpaired) electrons. The van der Waals surface area contributed by atoms with Crippen LogP contribution in [0, 0.1) is 6.92 Å². The lowest BCUT2D eigenvalue weighted by molar-refractivity contribution is -0.136. The number of hydrogen-bond acceptors (Lipinski definition) is 6. The molecule has 0 aromatic heterocycles. The fourth-order valence-corrected chi connectivity index (χ4v) is 3.75. The molecule has 2 aromatic rings. The summed E-state index contributed by atoms with van der Waals surface area (Å²) in [6.45, 7) is 6.15. The molecule has 172 valence electrons. The summed E-state index contributed by atoms with van der Waals surface area (Å²) in [6.07, 6.45) is 0. The maximum absolute atomic E-state index is 12.5. The molecule has 1 aliphatic heterocycles. The standard InChI is InChI=1S/C24H32N4O4/c1-17-5-7-18(8-6-17)20(28-13-11-27(2)12-14-28)16-25-23(29)24(30)26-19-9-10-21(31-3)22(15-19)32-4/h5-10,15,20H,11-14,16H2,1-4H3,(H,25,29)(H,26,30)/t20-/m1/s1. The van der Waals surface area contributed by atoms with Gasteiger partial charge in [-0.25, -0.2) is 0 Å². The highest BCUT2D eigenvalue weighted by Gasteiger charge is 2.25. The SMILES string of the molecule is COc1ccc(NC(=O)C(=O)NC[C@H](c2ccc(C)cc2)N2CCN(C)CC2)cc1OC. The predicted octanol–water partition coefficient (Wildman–Crippen LogP) is 2.06. The Bertz CT molecular complexity index is 924. The highest BCUT2D eigenvalue weighted by molar-refractivity contribution is 6.39. The molecule has 2 aromatic carbocycles. The molecule has 1 aliphatic rings. The van der Waals surface area contributed by atoms with Gasteiger partial charge in [0, 0.05) is 44.5 Å². The Labute approximate surface area is 189 Å². The third-order valence-electron chi connectivity index (χ3n) is 5.74. The molecule has 0 bridgehead atoms. The first-order valence-corrected chi connectivity index (χ1v) is 10.7. The number of methoxy groups -OCH3 is 2. The van der Waals surface area contributed by atoms with E-state index < -0.39 is 11.8 Å². The van der Waals surface area contributed by atoms with Crippen LogP contribution in [0.25, 0.3) is 0 Å². The first kappa shape index (κ1) is 23.6. The van der Waals surface area contributed by atoms with Crippen LogP contribution in [-0.2, 0) is 9.59 Å². The number of carbonyl (C=O) groups is 2. The maximum Gasteiger partial charge on any atom is 0.313 e. The number of nitrogens with zero attached hydrogens (tertiary/aromatic N) is 2. The number of anilines is 1. The monoisotopic (exact) mass is 440 g/mol. The van der Waals surface area contributed by atoms with Gasteiger partial charge in [-0.2, -0.15) is 0 Å². The highest BCUT2D eigenvalue weighted by Crippen LogP contribution is 2.29. The predicted molar refractivity (Wildman–Crippen MR) is 124 cm³/mol. The van der Waals surface area contributed by atoms with Gasteiger partial charge in [0.1, 0.15) is 0 Å². The molecule has 1 fully saturated rings. The molecule has 0 saturated carbocycles. The number of carbonyl (C=O) groups excluding carboxylic acids is 2. The quantitative estimate of drug-likeness (QED) is 0.642. The minimum atomic E-state index is -0.724. The average molecular weight is 441 g/mol. The van der Waals surface area contributed by atoms with E-state index in [0.717, 1.165) is 31.7 Å². The van der Waals surface area contributed by atoms with Crippen LogP contribution in [-0.4, -0.2) is 75.6 Å². The first-order chi connectivity index (χ1) is 15.4. The minimum Gasteiger partial charge on any atom is -0.493 e. The fraction of sp³-hybridized carbons (Fsp3) is 0.417. The molecule has 0 aliphatic carbocycles. The second-order valence-electron chi connectivity index (χ2n) is 8.00. The van der Waals surface area contributed by atoms with Crippen molar-refractivity contribution in [2.45, 2.75) is 13.0 Å². The third-order valence-corrected chi connectivity index (χ3v) is 5.74. The van der Waals surface area contributed by atoms with E-state index >= 15 is 0 Å². The van der Waals surface area contributed by atoms with Gasteiger partial charge in [0.2, 0.25) is 0 Å². The van der Waals surface area contributed by atoms with Gasteiger partial charge in [0.25, 0.3) is 0 Å². The van der Waals surface area contributed by atoms with Crippen LogP contribution in [0.15, 0.2) is 42.5 Å². The van der Waals surface area contributed by atoms with Crippen molar-refractivity contribution < 1.29 is 19.1 Å². The van der Waals surface area contributed by atoms with Crippen molar-refractivity contribution in [1.82, 2.24) is 15.1 Å². The first-order valence-electron chi connectivity index (χ1n) is 10.7. The van der Waals surface area contributed by atoms with E-state index in [1.54, 1.807) is 18.2 Å². The third kappa shape index (κ3) is 5.99. The second kappa shape index (κ2) is 11.0. The molecule has 1 heterocycles. The Balaban J connectivity index is 1.65. The zero-order valence-electron chi connectivity index (χ0n) is 19.2. The Hall–Kier alpha value is -3.10. The molecular formula is C24H32N4O4. The number of benzene rings is 2. The highest BCUT2D eigenvalue weighted by atomic mass is 16.5. The molecule has 0 spiro atoms. The molecule has 8 heteroatoms. The minimum absolute atomic E-state index is 0.00197. The smallest absolute Gasteiger partial charge is 0.313 e. The summed E-state index contributed by atoms with van der Waals surface area (Å²) in [5, 5.41) is 5.43. The summed E-state index contributed by atoms with van der Waals surface area (Å²) in [5.41, 5.74) is 2.77. The number of hydrogen-bond donors (Lipinski definition) is 2. The van der Waals surface area contributed by atoms with Crippen molar-refractivity contribution in [2.24, 2.45) is 0 Å². The van der Waals surface area contributed by atoms with E-state index in [9.17, 15) is 9.59 Å². The lowest BCUT2D eigenvalue weighted by Crippen LogP contribution is -2.49. The molecule has 2 N–H and O–H groups in total. The van der Waals surface area contributed by atoms with E-state index in [4.69, 9.17) is 9.47 Å². The van der Waals surface area contributed by atoms with E-state index in [1.165, 1.54) is 19.8 Å². The molecule has 8 nitrogen and oxygen atoms in total. The Morgan fingerprint density at radius 1 is 0.938 bits per heavy atom. The number of nitrogens with one attached hydrogen (secondary N) is 2. The van der Waals surface area contributed by atoms with Crippen molar-refractivity contribution in [3.05, 3.63) is 53.6 Å². The van der Waals surface area contributed by atoms with Gasteiger partial charge in [-0.05, 0) is 31.7 Å². The largest absolute Gasteiger partial charge is 0.493 e. The number of likely N-dealkylation sites (N-methyl/N-ethyl adjacent to an activating group) is 1. The Morgan fingerprint density at radius 2 is 1.59 bits per heavy atom. The zero-order chi connectivity index (χ0) is 23.1. The number of piperazine rings is 1. The lowest BCUT2D eigenvalue weighted by Gasteiger charge is -2.38. The molecule has 1 saturated heterocycles. The van der Waals surface area contributed by atoms with Gasteiger partial charge in [-0.15, -0.1) is 0 Å². The molecule has 3 rings (SSSR count). The van der Waals surface area contributed by atoms with Crippen LogP contribution in [0.4, 0.5) is 5.69 Å². The number of amides is 2. The molecule has 2 amide bonds. The molecule has 1 atom stereocenters. The molecule has 0 unspecified atom stereocenters. The summed E-state index contributed by atoms with van der Waals surface area (Å²) in [7, 11) is 5.16. The van der Waals surface area contributed by atoms with Gasteiger partial charge in [-0.3, -0.25) is 14.5 Å². The van der Waals surface area contributed by atoms with Gasteiger partial charge < -0.3 is 25.0 Å². The summed E-state index contributed by atoms with van der Waals surface area (Å²) < 4.78 is 10.4. The van der Waals surface area contributed by atoms with Crippen molar-refractivity contribution >= 4 is 17.5 Å². The van der Waals surface area contributed by atoms with Crippen LogP contribution < -0.4 is 20.1 Å². The summed E-state index contributed by atoms with van der Waals surface area (Å²) >= 11 is 0. The topological polar surface area (TPSA) is 83.1 Å². The van der Waals surface area contributed by atoms with Crippen LogP contribution in [0.2, 0.25) is 0 Å². The van der Waals surface area contributed by atoms with Crippen LogP contribution in [0.1, 0.15) is 17.2 Å². The number of rotatable bonds is 7. The summed E-state index contributed by atoms with van der Waals surface area (Å²) in [6, 6.07) is 13.3. The van der Waals surface area contributed by atoms with Crippen molar-refractivity contribution in [1.29, 1.82) is 0 Å². The average Bonchev–Trinajstić information content (AvgIpc) is 2.81. The van der Waals surface area contributed by atoms with E-state index in [2.05, 4.69) is 58.7 Å². The van der Waals surface area contributed by atoms with Crippen molar-refractivity contribution in [3.8, 4) is 11.5 Å². The number of aryl methyl sites for hydroxylation is 1. The van der Waals surface area contributed by atoms with E-state index in [0.29, 0.717) is 23.7 Å². The Kier molecular flexibility index (Phi) is 8.08. The Morgan fingerprint density at radius 3 is 2.22 bits per heavy atom. The maximum atomic E-state index is 12.5. The van der Waals surface area contributed by atoms with E-state index in [-0.39, 0.29) is 6.04 Å². The summed E-state index contributed by atoms with van der Waals surface area (Å²) in [4.78, 5) is 29.7. The lowest BCUT2D eigenvalue weighted by atomic mass is 10.0. The van der Waals surface area contributed by atoms with Crippen molar-refractivity contribution in [3.63, 3.8) is 0 Å². The fourth-order valence-electron chi connectivity index (χ4n) is 3.75. The van der Waals surface area contributed by atoms with Crippen molar-refractivity contribution in [2.75, 3.05) is 59.3 Å². The van der Waals surface area contributed by atoms with Gasteiger partial charge in [-0.1, -0.05) is 29.8 Å². The zero-order valence-corrected chi connectivity index (χ0v) is 19.2.